The summed E-state index contributed by atoms with van der Waals surface area (Å²) < 4.78 is 5.81. The van der Waals surface area contributed by atoms with E-state index in [9.17, 15) is 19.2 Å². The first-order valence-electron chi connectivity index (χ1n) is 17.5. The van der Waals surface area contributed by atoms with Crippen LogP contribution >= 0.6 is 0 Å². The Hall–Kier alpha value is -3.18. The second kappa shape index (κ2) is 16.1. The van der Waals surface area contributed by atoms with Crippen molar-refractivity contribution in [1.82, 2.24) is 20.0 Å². The Morgan fingerprint density at radius 1 is 0.978 bits per heavy atom. The lowest BCUT2D eigenvalue weighted by molar-refractivity contribution is -0.126. The summed E-state index contributed by atoms with van der Waals surface area (Å²) in [4.78, 5) is 59.0. The minimum absolute atomic E-state index is 0.134. The van der Waals surface area contributed by atoms with Crippen molar-refractivity contribution in [2.45, 2.75) is 95.8 Å². The van der Waals surface area contributed by atoms with E-state index in [1.807, 2.05) is 35.9 Å². The zero-order chi connectivity index (χ0) is 32.6. The van der Waals surface area contributed by atoms with Gasteiger partial charge in [0.1, 0.15) is 12.6 Å². The number of ether oxygens (including phenoxy) is 1. The van der Waals surface area contributed by atoms with Crippen LogP contribution in [-0.2, 0) is 25.7 Å². The average Bonchev–Trinajstić information content (AvgIpc) is 3.71. The number of hydrogen-bond acceptors (Lipinski definition) is 8. The SMILES string of the molecule is CCCC(C(=O)NC=O)N(C)c1cccc(CN2CCC(C3CCN(C(=O)OCC4CCC5CCCN54)CC3)CC2)c1N(C)C=O. The number of carbonyl (C=O) groups is 4. The Morgan fingerprint density at radius 2 is 1.70 bits per heavy atom. The van der Waals surface area contributed by atoms with Gasteiger partial charge >= 0.3 is 6.09 Å². The molecule has 4 aliphatic heterocycles. The summed E-state index contributed by atoms with van der Waals surface area (Å²) in [6.07, 6.45) is 11.7. The number of para-hydroxylation sites is 1. The van der Waals surface area contributed by atoms with Crippen LogP contribution in [0.3, 0.4) is 0 Å². The van der Waals surface area contributed by atoms with E-state index in [0.29, 0.717) is 49.9 Å². The second-order valence-corrected chi connectivity index (χ2v) is 13.8. The van der Waals surface area contributed by atoms with Crippen molar-refractivity contribution in [2.24, 2.45) is 11.8 Å². The lowest BCUT2D eigenvalue weighted by atomic mass is 9.79. The molecule has 4 saturated heterocycles. The summed E-state index contributed by atoms with van der Waals surface area (Å²) in [5, 5.41) is 2.31. The molecule has 0 spiro atoms. The highest BCUT2D eigenvalue weighted by atomic mass is 16.6. The Morgan fingerprint density at radius 3 is 2.37 bits per heavy atom. The van der Waals surface area contributed by atoms with E-state index in [-0.39, 0.29) is 12.0 Å². The molecule has 4 aliphatic rings. The zero-order valence-corrected chi connectivity index (χ0v) is 28.1. The molecule has 0 bridgehead atoms. The van der Waals surface area contributed by atoms with Gasteiger partial charge in [0.15, 0.2) is 0 Å². The van der Waals surface area contributed by atoms with Crippen molar-refractivity contribution in [3.63, 3.8) is 0 Å². The zero-order valence-electron chi connectivity index (χ0n) is 28.1. The Balaban J connectivity index is 1.12. The molecule has 1 aromatic rings. The number of likely N-dealkylation sites (tertiary alicyclic amines) is 2. The molecule has 4 fully saturated rings. The molecular weight excluding hydrogens is 584 g/mol. The maximum absolute atomic E-state index is 12.9. The van der Waals surface area contributed by atoms with E-state index in [1.54, 1.807) is 11.9 Å². The van der Waals surface area contributed by atoms with Gasteiger partial charge in [-0.15, -0.1) is 0 Å². The summed E-state index contributed by atoms with van der Waals surface area (Å²) in [6.45, 7) is 7.94. The molecule has 254 valence electrons. The largest absolute Gasteiger partial charge is 0.448 e. The first-order valence-corrected chi connectivity index (χ1v) is 17.5. The number of hydrogen-bond donors (Lipinski definition) is 1. The molecule has 0 radical (unpaired) electrons. The predicted molar refractivity (Wildman–Crippen MR) is 179 cm³/mol. The van der Waals surface area contributed by atoms with E-state index in [2.05, 4.69) is 21.2 Å². The fourth-order valence-corrected chi connectivity index (χ4v) is 8.56. The number of amides is 4. The van der Waals surface area contributed by atoms with Gasteiger partial charge in [0.2, 0.25) is 18.7 Å². The van der Waals surface area contributed by atoms with E-state index in [1.165, 1.54) is 19.3 Å². The van der Waals surface area contributed by atoms with Crippen molar-refractivity contribution in [3.8, 4) is 0 Å². The molecular formula is C35H54N6O5. The highest BCUT2D eigenvalue weighted by Crippen LogP contribution is 2.37. The molecule has 1 aromatic carbocycles. The third-order valence-corrected chi connectivity index (χ3v) is 11.1. The highest BCUT2D eigenvalue weighted by Gasteiger charge is 2.38. The van der Waals surface area contributed by atoms with Gasteiger partial charge in [0.05, 0.1) is 11.4 Å². The number of fused-ring (bicyclic) bond motifs is 1. The molecule has 1 N–H and O–H groups in total. The normalized spacial score (nSPS) is 23.5. The average molecular weight is 639 g/mol. The number of likely N-dealkylation sites (N-methyl/N-ethyl adjacent to an activating group) is 1. The smallest absolute Gasteiger partial charge is 0.409 e. The van der Waals surface area contributed by atoms with Crippen LogP contribution in [0.25, 0.3) is 0 Å². The van der Waals surface area contributed by atoms with Gasteiger partial charge in [-0.25, -0.2) is 4.79 Å². The summed E-state index contributed by atoms with van der Waals surface area (Å²) in [7, 11) is 3.59. The quantitative estimate of drug-likeness (QED) is 0.325. The fourth-order valence-electron chi connectivity index (χ4n) is 8.56. The first-order chi connectivity index (χ1) is 22.3. The molecule has 11 heteroatoms. The lowest BCUT2D eigenvalue weighted by Gasteiger charge is -2.40. The van der Waals surface area contributed by atoms with Crippen molar-refractivity contribution in [1.29, 1.82) is 0 Å². The van der Waals surface area contributed by atoms with Crippen molar-refractivity contribution in [2.75, 3.05) is 63.2 Å². The van der Waals surface area contributed by atoms with Gasteiger partial charge in [-0.2, -0.15) is 0 Å². The predicted octanol–water partition coefficient (Wildman–Crippen LogP) is 3.84. The molecule has 11 nitrogen and oxygen atoms in total. The van der Waals surface area contributed by atoms with Crippen LogP contribution in [0.5, 0.6) is 0 Å². The Labute approximate surface area is 274 Å². The third-order valence-electron chi connectivity index (χ3n) is 11.1. The highest BCUT2D eigenvalue weighted by molar-refractivity contribution is 5.94. The van der Waals surface area contributed by atoms with Gasteiger partial charge in [0, 0.05) is 45.8 Å². The monoisotopic (exact) mass is 638 g/mol. The number of carbonyl (C=O) groups excluding carboxylic acids is 4. The minimum Gasteiger partial charge on any atom is -0.448 e. The maximum atomic E-state index is 12.9. The fraction of sp³-hybridized carbons (Fsp3) is 0.714. The molecule has 4 amide bonds. The number of benzene rings is 1. The topological polar surface area (TPSA) is 106 Å². The number of anilines is 2. The standard InChI is InChI=1S/C35H54N6O5/c1-4-7-32(34(44)36-24-42)38(3)31-10-5-8-28(33(31)37(2)25-43)22-39-18-13-26(14-19-39)27-15-20-40(21-16-27)35(45)46-23-30-12-11-29-9-6-17-41(29)30/h5,8,10,24-27,29-30,32H,4,6-7,9,11-23H2,1-3H3,(H,36,42,44). The number of imide groups is 1. The maximum Gasteiger partial charge on any atom is 0.409 e. The van der Waals surface area contributed by atoms with Crippen molar-refractivity contribution >= 4 is 36.2 Å². The van der Waals surface area contributed by atoms with Crippen LogP contribution in [0.1, 0.15) is 76.7 Å². The molecule has 5 rings (SSSR count). The van der Waals surface area contributed by atoms with Crippen LogP contribution in [0.4, 0.5) is 16.2 Å². The van der Waals surface area contributed by atoms with Gasteiger partial charge in [-0.3, -0.25) is 29.5 Å². The molecule has 0 saturated carbocycles. The molecule has 4 heterocycles. The van der Waals surface area contributed by atoms with Crippen molar-refractivity contribution < 1.29 is 23.9 Å². The third kappa shape index (κ3) is 7.85. The summed E-state index contributed by atoms with van der Waals surface area (Å²) >= 11 is 0. The van der Waals surface area contributed by atoms with Crippen LogP contribution in [-0.4, -0.2) is 111 Å². The lowest BCUT2D eigenvalue weighted by Crippen LogP contribution is -2.45. The van der Waals surface area contributed by atoms with E-state index in [4.69, 9.17) is 4.74 Å². The molecule has 3 atom stereocenters. The van der Waals surface area contributed by atoms with Gasteiger partial charge < -0.3 is 19.4 Å². The molecule has 0 aromatic heterocycles. The number of nitrogens with zero attached hydrogens (tertiary/aromatic N) is 5. The molecule has 3 unspecified atom stereocenters. The second-order valence-electron chi connectivity index (χ2n) is 13.8. The van der Waals surface area contributed by atoms with Gasteiger partial charge in [0.25, 0.3) is 0 Å². The van der Waals surface area contributed by atoms with Gasteiger partial charge in [-0.05, 0) is 101 Å². The Bertz CT molecular complexity index is 1200. The van der Waals surface area contributed by atoms with Crippen LogP contribution in [0.2, 0.25) is 0 Å². The van der Waals surface area contributed by atoms with E-state index >= 15 is 0 Å². The Kier molecular flexibility index (Phi) is 11.9. The molecule has 46 heavy (non-hydrogen) atoms. The minimum atomic E-state index is -0.529. The summed E-state index contributed by atoms with van der Waals surface area (Å²) in [6, 6.07) is 6.56. The van der Waals surface area contributed by atoms with Crippen LogP contribution in [0, 0.1) is 11.8 Å². The van der Waals surface area contributed by atoms with Crippen LogP contribution < -0.4 is 15.1 Å². The first kappa shape index (κ1) is 34.2. The number of nitrogens with one attached hydrogen (secondary N) is 1. The number of piperidine rings is 2. The van der Waals surface area contributed by atoms with Crippen LogP contribution in [0.15, 0.2) is 18.2 Å². The molecule has 0 aliphatic carbocycles. The van der Waals surface area contributed by atoms with Gasteiger partial charge in [-0.1, -0.05) is 25.5 Å². The van der Waals surface area contributed by atoms with E-state index < -0.39 is 6.04 Å². The summed E-state index contributed by atoms with van der Waals surface area (Å²) in [5.41, 5.74) is 2.61. The van der Waals surface area contributed by atoms with Crippen molar-refractivity contribution in [3.05, 3.63) is 23.8 Å². The van der Waals surface area contributed by atoms with E-state index in [0.717, 1.165) is 94.6 Å². The summed E-state index contributed by atoms with van der Waals surface area (Å²) in [5.74, 6) is 0.937. The number of rotatable bonds is 13.